The number of nitrogens with one attached hydrogen (secondary N) is 2. The van der Waals surface area contributed by atoms with Crippen molar-refractivity contribution in [2.24, 2.45) is 5.92 Å². The second-order valence-corrected chi connectivity index (χ2v) is 9.31. The Labute approximate surface area is 179 Å². The van der Waals surface area contributed by atoms with Gasteiger partial charge in [0.1, 0.15) is 11.6 Å². The van der Waals surface area contributed by atoms with Gasteiger partial charge >= 0.3 is 6.03 Å². The number of halogens is 1. The summed E-state index contributed by atoms with van der Waals surface area (Å²) in [7, 11) is 0. The number of anilines is 1. The lowest BCUT2D eigenvalue weighted by Gasteiger charge is -2.24. The van der Waals surface area contributed by atoms with Gasteiger partial charge in [-0.1, -0.05) is 34.8 Å². The Kier molecular flexibility index (Phi) is 5.55. The number of carbonyl (C=O) groups is 3. The molecule has 2 aliphatic heterocycles. The summed E-state index contributed by atoms with van der Waals surface area (Å²) in [6.07, 6.45) is 4.17. The van der Waals surface area contributed by atoms with Crippen LogP contribution in [0.4, 0.5) is 10.5 Å². The summed E-state index contributed by atoms with van der Waals surface area (Å²) in [4.78, 5) is 41.3. The molecule has 4 rings (SSSR count). The quantitative estimate of drug-likeness (QED) is 0.658. The first-order valence-corrected chi connectivity index (χ1v) is 11.1. The molecule has 0 radical (unpaired) electrons. The molecule has 1 spiro atoms. The van der Waals surface area contributed by atoms with Gasteiger partial charge in [0.25, 0.3) is 5.91 Å². The van der Waals surface area contributed by atoms with Crippen molar-refractivity contribution in [1.82, 2.24) is 15.5 Å². The van der Waals surface area contributed by atoms with E-state index in [1.165, 1.54) is 5.69 Å². The minimum atomic E-state index is -0.801. The van der Waals surface area contributed by atoms with E-state index in [-0.39, 0.29) is 11.8 Å². The molecular weight excluding hydrogens is 436 g/mol. The minimum absolute atomic E-state index is 0.246. The highest BCUT2D eigenvalue weighted by Crippen LogP contribution is 2.35. The molecule has 2 saturated heterocycles. The standard InChI is InChI=1S/C21H27BrN4O3/c1-14(26-19(28)21(24-20(26)29)8-2-3-9-21)18(27)23-12-15-7-10-25(13-15)17-6-4-5-16(22)11-17/h4-6,11,14-15H,2-3,7-10,12-13H2,1H3,(H,23,27)(H,24,29). The van der Waals surface area contributed by atoms with E-state index < -0.39 is 17.6 Å². The van der Waals surface area contributed by atoms with Crippen LogP contribution in [-0.2, 0) is 9.59 Å². The van der Waals surface area contributed by atoms with Crippen molar-refractivity contribution in [3.05, 3.63) is 28.7 Å². The van der Waals surface area contributed by atoms with E-state index in [0.29, 0.717) is 25.3 Å². The predicted octanol–water partition coefficient (Wildman–Crippen LogP) is 2.64. The van der Waals surface area contributed by atoms with Gasteiger partial charge in [-0.3, -0.25) is 9.59 Å². The van der Waals surface area contributed by atoms with Crippen LogP contribution < -0.4 is 15.5 Å². The van der Waals surface area contributed by atoms with Gasteiger partial charge in [0, 0.05) is 29.8 Å². The molecule has 2 N–H and O–H groups in total. The molecule has 4 amide bonds. The lowest BCUT2D eigenvalue weighted by atomic mass is 9.97. The Morgan fingerprint density at radius 3 is 2.83 bits per heavy atom. The Bertz CT molecular complexity index is 824. The number of hydrogen-bond acceptors (Lipinski definition) is 4. The number of amides is 4. The molecule has 156 valence electrons. The van der Waals surface area contributed by atoms with Crippen LogP contribution in [0.3, 0.4) is 0 Å². The molecule has 29 heavy (non-hydrogen) atoms. The smallest absolute Gasteiger partial charge is 0.325 e. The van der Waals surface area contributed by atoms with Gasteiger partial charge in [-0.15, -0.1) is 0 Å². The maximum atomic E-state index is 12.8. The van der Waals surface area contributed by atoms with Crippen LogP contribution in [0, 0.1) is 5.92 Å². The lowest BCUT2D eigenvalue weighted by molar-refractivity contribution is -0.137. The minimum Gasteiger partial charge on any atom is -0.371 e. The molecule has 0 bridgehead atoms. The average molecular weight is 463 g/mol. The van der Waals surface area contributed by atoms with E-state index in [4.69, 9.17) is 0 Å². The zero-order valence-corrected chi connectivity index (χ0v) is 18.2. The van der Waals surface area contributed by atoms with Crippen molar-refractivity contribution in [1.29, 1.82) is 0 Å². The van der Waals surface area contributed by atoms with Gasteiger partial charge in [0.2, 0.25) is 5.91 Å². The summed E-state index contributed by atoms with van der Waals surface area (Å²) >= 11 is 3.51. The summed E-state index contributed by atoms with van der Waals surface area (Å²) in [5.41, 5.74) is 0.393. The lowest BCUT2D eigenvalue weighted by Crippen LogP contribution is -2.50. The number of urea groups is 1. The zero-order chi connectivity index (χ0) is 20.6. The Balaban J connectivity index is 1.31. The fraction of sp³-hybridized carbons (Fsp3) is 0.571. The van der Waals surface area contributed by atoms with Crippen molar-refractivity contribution in [2.45, 2.75) is 50.6 Å². The number of nitrogens with zero attached hydrogens (tertiary/aromatic N) is 2. The van der Waals surface area contributed by atoms with Gasteiger partial charge < -0.3 is 15.5 Å². The number of imide groups is 1. The highest BCUT2D eigenvalue weighted by atomic mass is 79.9. The van der Waals surface area contributed by atoms with Gasteiger partial charge in [0.05, 0.1) is 0 Å². The number of rotatable bonds is 5. The van der Waals surface area contributed by atoms with E-state index in [1.54, 1.807) is 6.92 Å². The fourth-order valence-corrected chi connectivity index (χ4v) is 5.11. The van der Waals surface area contributed by atoms with Crippen molar-refractivity contribution in [2.75, 3.05) is 24.5 Å². The molecule has 2 heterocycles. The van der Waals surface area contributed by atoms with Gasteiger partial charge in [-0.2, -0.15) is 0 Å². The summed E-state index contributed by atoms with van der Waals surface area (Å²) in [6, 6.07) is 6.96. The van der Waals surface area contributed by atoms with Gasteiger partial charge in [-0.25, -0.2) is 9.69 Å². The third-order valence-electron chi connectivity index (χ3n) is 6.44. The summed E-state index contributed by atoms with van der Waals surface area (Å²) < 4.78 is 1.05. The van der Waals surface area contributed by atoms with Crippen molar-refractivity contribution in [3.8, 4) is 0 Å². The molecule has 1 aromatic rings. The van der Waals surface area contributed by atoms with Crippen molar-refractivity contribution < 1.29 is 14.4 Å². The molecule has 3 fully saturated rings. The van der Waals surface area contributed by atoms with Gasteiger partial charge in [-0.05, 0) is 50.3 Å². The molecule has 8 heteroatoms. The fourth-order valence-electron chi connectivity index (χ4n) is 4.73. The second kappa shape index (κ2) is 7.97. The SMILES string of the molecule is CC(C(=O)NCC1CCN(c2cccc(Br)c2)C1)N1C(=O)NC2(CCCC2)C1=O. The number of benzene rings is 1. The molecule has 3 aliphatic rings. The first-order chi connectivity index (χ1) is 13.9. The largest absolute Gasteiger partial charge is 0.371 e. The van der Waals surface area contributed by atoms with E-state index in [0.717, 1.165) is 41.7 Å². The maximum absolute atomic E-state index is 12.8. The first-order valence-electron chi connectivity index (χ1n) is 10.3. The summed E-state index contributed by atoms with van der Waals surface area (Å²) in [5.74, 6) is -0.178. The van der Waals surface area contributed by atoms with Crippen LogP contribution in [0.2, 0.25) is 0 Å². The molecule has 0 aromatic heterocycles. The molecule has 2 unspecified atom stereocenters. The second-order valence-electron chi connectivity index (χ2n) is 8.40. The topological polar surface area (TPSA) is 81.8 Å². The predicted molar refractivity (Wildman–Crippen MR) is 114 cm³/mol. The van der Waals surface area contributed by atoms with Crippen LogP contribution >= 0.6 is 15.9 Å². The monoisotopic (exact) mass is 462 g/mol. The average Bonchev–Trinajstić information content (AvgIpc) is 3.41. The third kappa shape index (κ3) is 3.86. The number of carbonyl (C=O) groups excluding carboxylic acids is 3. The van der Waals surface area contributed by atoms with Crippen LogP contribution in [0.1, 0.15) is 39.0 Å². The third-order valence-corrected chi connectivity index (χ3v) is 6.93. The van der Waals surface area contributed by atoms with E-state index >= 15 is 0 Å². The van der Waals surface area contributed by atoms with Crippen LogP contribution in [0.5, 0.6) is 0 Å². The van der Waals surface area contributed by atoms with E-state index in [1.807, 2.05) is 12.1 Å². The van der Waals surface area contributed by atoms with Crippen molar-refractivity contribution in [3.63, 3.8) is 0 Å². The summed E-state index contributed by atoms with van der Waals surface area (Å²) in [6.45, 7) is 3.99. The van der Waals surface area contributed by atoms with E-state index in [9.17, 15) is 14.4 Å². The number of hydrogen-bond donors (Lipinski definition) is 2. The molecule has 7 nitrogen and oxygen atoms in total. The Hall–Kier alpha value is -2.09. The molecule has 1 saturated carbocycles. The summed E-state index contributed by atoms with van der Waals surface area (Å²) in [5, 5.41) is 5.79. The Morgan fingerprint density at radius 2 is 2.10 bits per heavy atom. The Morgan fingerprint density at radius 1 is 1.34 bits per heavy atom. The molecular formula is C21H27BrN4O3. The first kappa shape index (κ1) is 20.2. The van der Waals surface area contributed by atoms with Gasteiger partial charge in [0.15, 0.2) is 0 Å². The molecule has 1 aromatic carbocycles. The maximum Gasteiger partial charge on any atom is 0.325 e. The highest BCUT2D eigenvalue weighted by Gasteiger charge is 2.54. The van der Waals surface area contributed by atoms with Crippen LogP contribution in [0.25, 0.3) is 0 Å². The van der Waals surface area contributed by atoms with Crippen LogP contribution in [0.15, 0.2) is 28.7 Å². The van der Waals surface area contributed by atoms with E-state index in [2.05, 4.69) is 43.6 Å². The highest BCUT2D eigenvalue weighted by molar-refractivity contribution is 9.10. The normalized spacial score (nSPS) is 24.3. The molecule has 1 aliphatic carbocycles. The van der Waals surface area contributed by atoms with Crippen molar-refractivity contribution >= 4 is 39.5 Å². The zero-order valence-electron chi connectivity index (χ0n) is 16.6. The van der Waals surface area contributed by atoms with Crippen LogP contribution in [-0.4, -0.2) is 54.0 Å². The molecule has 2 atom stereocenters.